The van der Waals surface area contributed by atoms with E-state index in [1.807, 2.05) is 36.4 Å². The maximum absolute atomic E-state index is 5.82. The van der Waals surface area contributed by atoms with Gasteiger partial charge in [0.2, 0.25) is 0 Å². The molecule has 0 aliphatic heterocycles. The number of nitrogens with two attached hydrogens (primary N) is 1. The third-order valence-electron chi connectivity index (χ3n) is 3.81. The zero-order chi connectivity index (χ0) is 14.5. The Morgan fingerprint density at radius 3 is 2.62 bits per heavy atom. The van der Waals surface area contributed by atoms with E-state index in [0.29, 0.717) is 19.2 Å². The Labute approximate surface area is 125 Å². The highest BCUT2D eigenvalue weighted by atomic mass is 16.5. The molecule has 21 heavy (non-hydrogen) atoms. The number of ether oxygens (including phenoxy) is 1. The molecule has 2 N–H and O–H groups in total. The molecule has 4 nitrogen and oxygen atoms in total. The van der Waals surface area contributed by atoms with Gasteiger partial charge in [-0.3, -0.25) is 4.90 Å². The lowest BCUT2D eigenvalue weighted by Gasteiger charge is -2.20. The Balaban J connectivity index is 1.47. The van der Waals surface area contributed by atoms with Gasteiger partial charge in [-0.15, -0.1) is 0 Å². The normalized spacial score (nSPS) is 14.6. The second-order valence-electron chi connectivity index (χ2n) is 5.48. The fourth-order valence-electron chi connectivity index (χ4n) is 2.44. The van der Waals surface area contributed by atoms with Crippen LogP contribution in [0.2, 0.25) is 0 Å². The number of furan rings is 1. The van der Waals surface area contributed by atoms with Crippen LogP contribution in [-0.2, 0) is 13.1 Å². The fourth-order valence-corrected chi connectivity index (χ4v) is 2.44. The zero-order valence-electron chi connectivity index (χ0n) is 12.2. The van der Waals surface area contributed by atoms with Gasteiger partial charge in [0.25, 0.3) is 0 Å². The average Bonchev–Trinajstić information content (AvgIpc) is 3.24. The summed E-state index contributed by atoms with van der Waals surface area (Å²) >= 11 is 0. The summed E-state index contributed by atoms with van der Waals surface area (Å²) < 4.78 is 11.3. The van der Waals surface area contributed by atoms with Crippen LogP contribution in [0.4, 0.5) is 0 Å². The first-order chi connectivity index (χ1) is 10.3. The summed E-state index contributed by atoms with van der Waals surface area (Å²) in [6, 6.07) is 12.6. The standard InChI is InChI=1S/C17H22N2O2/c18-12-14-3-7-16(8-4-14)21-11-9-19(15-5-6-15)13-17-2-1-10-20-17/h1-4,7-8,10,15H,5-6,9,11-13,18H2. The van der Waals surface area contributed by atoms with Crippen LogP contribution in [-0.4, -0.2) is 24.1 Å². The van der Waals surface area contributed by atoms with E-state index >= 15 is 0 Å². The lowest BCUT2D eigenvalue weighted by atomic mass is 10.2. The second kappa shape index (κ2) is 6.78. The van der Waals surface area contributed by atoms with Gasteiger partial charge in [0.1, 0.15) is 18.1 Å². The Bertz CT molecular complexity index is 532. The first kappa shape index (κ1) is 14.2. The summed E-state index contributed by atoms with van der Waals surface area (Å²) in [5, 5.41) is 0. The summed E-state index contributed by atoms with van der Waals surface area (Å²) in [5.74, 6) is 1.93. The van der Waals surface area contributed by atoms with Crippen molar-refractivity contribution in [3.05, 3.63) is 54.0 Å². The number of nitrogens with zero attached hydrogens (tertiary/aromatic N) is 1. The Morgan fingerprint density at radius 2 is 2.00 bits per heavy atom. The van der Waals surface area contributed by atoms with Crippen molar-refractivity contribution in [3.63, 3.8) is 0 Å². The molecule has 0 atom stereocenters. The minimum Gasteiger partial charge on any atom is -0.492 e. The van der Waals surface area contributed by atoms with Crippen LogP contribution < -0.4 is 10.5 Å². The highest BCUT2D eigenvalue weighted by Gasteiger charge is 2.29. The van der Waals surface area contributed by atoms with E-state index in [9.17, 15) is 0 Å². The van der Waals surface area contributed by atoms with Crippen molar-refractivity contribution < 1.29 is 9.15 Å². The van der Waals surface area contributed by atoms with Crippen molar-refractivity contribution in [1.29, 1.82) is 0 Å². The quantitative estimate of drug-likeness (QED) is 0.810. The molecule has 0 radical (unpaired) electrons. The fraction of sp³-hybridized carbons (Fsp3) is 0.412. The molecule has 1 aromatic heterocycles. The van der Waals surface area contributed by atoms with Crippen LogP contribution in [0.1, 0.15) is 24.2 Å². The van der Waals surface area contributed by atoms with Gasteiger partial charge in [0, 0.05) is 19.1 Å². The smallest absolute Gasteiger partial charge is 0.119 e. The monoisotopic (exact) mass is 286 g/mol. The predicted octanol–water partition coefficient (Wildman–Crippen LogP) is 2.78. The van der Waals surface area contributed by atoms with Crippen molar-refractivity contribution in [2.75, 3.05) is 13.2 Å². The molecule has 3 rings (SSSR count). The molecule has 0 spiro atoms. The summed E-state index contributed by atoms with van der Waals surface area (Å²) in [5.41, 5.74) is 6.71. The van der Waals surface area contributed by atoms with Crippen molar-refractivity contribution in [2.24, 2.45) is 5.73 Å². The number of benzene rings is 1. The van der Waals surface area contributed by atoms with E-state index in [1.54, 1.807) is 6.26 Å². The van der Waals surface area contributed by atoms with Gasteiger partial charge in [-0.2, -0.15) is 0 Å². The van der Waals surface area contributed by atoms with Gasteiger partial charge < -0.3 is 14.9 Å². The third-order valence-corrected chi connectivity index (χ3v) is 3.81. The number of rotatable bonds is 8. The van der Waals surface area contributed by atoms with Crippen LogP contribution in [0.3, 0.4) is 0 Å². The molecule has 4 heteroatoms. The molecule has 1 heterocycles. The molecular formula is C17H22N2O2. The lowest BCUT2D eigenvalue weighted by molar-refractivity contribution is 0.184. The Hall–Kier alpha value is -1.78. The van der Waals surface area contributed by atoms with E-state index in [2.05, 4.69) is 4.90 Å². The SMILES string of the molecule is NCc1ccc(OCCN(Cc2ccco2)C2CC2)cc1. The molecule has 112 valence electrons. The van der Waals surface area contributed by atoms with Gasteiger partial charge >= 0.3 is 0 Å². The molecule has 2 aromatic rings. The minimum atomic E-state index is 0.568. The van der Waals surface area contributed by atoms with Crippen LogP contribution >= 0.6 is 0 Å². The molecule has 1 saturated carbocycles. The van der Waals surface area contributed by atoms with E-state index in [-0.39, 0.29) is 0 Å². The largest absolute Gasteiger partial charge is 0.492 e. The molecule has 0 unspecified atom stereocenters. The highest BCUT2D eigenvalue weighted by molar-refractivity contribution is 5.27. The van der Waals surface area contributed by atoms with E-state index < -0.39 is 0 Å². The molecule has 0 saturated heterocycles. The van der Waals surface area contributed by atoms with Gasteiger partial charge in [-0.25, -0.2) is 0 Å². The predicted molar refractivity (Wildman–Crippen MR) is 82.0 cm³/mol. The summed E-state index contributed by atoms with van der Waals surface area (Å²) in [7, 11) is 0. The topological polar surface area (TPSA) is 51.6 Å². The van der Waals surface area contributed by atoms with Gasteiger partial charge in [0.05, 0.1) is 12.8 Å². The maximum Gasteiger partial charge on any atom is 0.119 e. The van der Waals surface area contributed by atoms with Crippen LogP contribution in [0.15, 0.2) is 47.1 Å². The molecule has 1 fully saturated rings. The molecule has 1 aromatic carbocycles. The molecule has 0 amide bonds. The summed E-state index contributed by atoms with van der Waals surface area (Å²) in [6.07, 6.45) is 4.30. The maximum atomic E-state index is 5.82. The molecule has 1 aliphatic rings. The zero-order valence-corrected chi connectivity index (χ0v) is 12.2. The molecule has 1 aliphatic carbocycles. The van der Waals surface area contributed by atoms with Crippen molar-refractivity contribution >= 4 is 0 Å². The van der Waals surface area contributed by atoms with Crippen molar-refractivity contribution in [1.82, 2.24) is 4.90 Å². The van der Waals surface area contributed by atoms with Gasteiger partial charge in [-0.1, -0.05) is 12.1 Å². The van der Waals surface area contributed by atoms with Crippen LogP contribution in [0, 0.1) is 0 Å². The highest BCUT2D eigenvalue weighted by Crippen LogP contribution is 2.28. The summed E-state index contributed by atoms with van der Waals surface area (Å²) in [6.45, 7) is 3.05. The van der Waals surface area contributed by atoms with E-state index in [4.69, 9.17) is 14.9 Å². The third kappa shape index (κ3) is 4.09. The molecular weight excluding hydrogens is 264 g/mol. The van der Waals surface area contributed by atoms with Crippen molar-refractivity contribution in [2.45, 2.75) is 32.0 Å². The van der Waals surface area contributed by atoms with E-state index in [1.165, 1.54) is 12.8 Å². The van der Waals surface area contributed by atoms with Gasteiger partial charge in [0.15, 0.2) is 0 Å². The summed E-state index contributed by atoms with van der Waals surface area (Å²) in [4.78, 5) is 2.44. The van der Waals surface area contributed by atoms with Crippen molar-refractivity contribution in [3.8, 4) is 5.75 Å². The molecule has 0 bridgehead atoms. The van der Waals surface area contributed by atoms with Crippen LogP contribution in [0.25, 0.3) is 0 Å². The number of hydrogen-bond donors (Lipinski definition) is 1. The van der Waals surface area contributed by atoms with Gasteiger partial charge in [-0.05, 0) is 42.7 Å². The first-order valence-corrected chi connectivity index (χ1v) is 7.53. The van der Waals surface area contributed by atoms with Crippen LogP contribution in [0.5, 0.6) is 5.75 Å². The first-order valence-electron chi connectivity index (χ1n) is 7.53. The lowest BCUT2D eigenvalue weighted by Crippen LogP contribution is -2.30. The Morgan fingerprint density at radius 1 is 1.19 bits per heavy atom. The second-order valence-corrected chi connectivity index (χ2v) is 5.48. The Kier molecular flexibility index (Phi) is 4.58. The minimum absolute atomic E-state index is 0.568. The number of hydrogen-bond acceptors (Lipinski definition) is 4. The average molecular weight is 286 g/mol. The van der Waals surface area contributed by atoms with E-state index in [0.717, 1.165) is 30.2 Å².